The van der Waals surface area contributed by atoms with E-state index < -0.39 is 0 Å². The molecule has 0 unspecified atom stereocenters. The molecule has 13 aromatic rings. The van der Waals surface area contributed by atoms with Crippen molar-refractivity contribution in [1.29, 1.82) is 0 Å². The Morgan fingerprint density at radius 2 is 0.444 bits per heavy atom. The van der Waals surface area contributed by atoms with Crippen molar-refractivity contribution in [3.63, 3.8) is 0 Å². The fourth-order valence-corrected chi connectivity index (χ4v) is 11.3. The third kappa shape index (κ3) is 7.48. The summed E-state index contributed by atoms with van der Waals surface area (Å²) in [6, 6.07) is 100.0. The molecule has 0 N–H and O–H groups in total. The van der Waals surface area contributed by atoms with Crippen LogP contribution in [0.1, 0.15) is 0 Å². The molecule has 1 heterocycles. The highest BCUT2D eigenvalue weighted by molar-refractivity contribution is 6.22. The Morgan fingerprint density at radius 1 is 0.181 bits per heavy atom. The van der Waals surface area contributed by atoms with Crippen LogP contribution >= 0.6 is 0 Å². The van der Waals surface area contributed by atoms with E-state index in [0.717, 1.165) is 49.9 Å². The van der Waals surface area contributed by atoms with Crippen molar-refractivity contribution in [2.45, 2.75) is 0 Å². The van der Waals surface area contributed by atoms with Crippen molar-refractivity contribution in [1.82, 2.24) is 4.98 Å². The van der Waals surface area contributed by atoms with Crippen LogP contribution in [-0.4, -0.2) is 4.98 Å². The molecule has 13 rings (SSSR count). The SMILES string of the molecule is c1ccc(-c2c(-c3ccccc3)c(-c3ccccc3)c(-c3cccc(-c4c5ccccc5c(-c5cccc(-c6cncc7ccccc67)c5)c5ccccc45)c3)c(-c3ccccc3)c2-c2ccccc2)cc1. The maximum absolute atomic E-state index is 4.67. The molecule has 0 aliphatic carbocycles. The Kier molecular flexibility index (Phi) is 10.9. The smallest absolute Gasteiger partial charge is 0.0352 e. The highest BCUT2D eigenvalue weighted by atomic mass is 14.6. The van der Waals surface area contributed by atoms with Crippen LogP contribution < -0.4 is 0 Å². The summed E-state index contributed by atoms with van der Waals surface area (Å²) in [5.74, 6) is 0. The average molecular weight is 914 g/mol. The number of aromatic nitrogens is 1. The van der Waals surface area contributed by atoms with Crippen molar-refractivity contribution >= 4 is 32.3 Å². The zero-order valence-corrected chi connectivity index (χ0v) is 39.6. The van der Waals surface area contributed by atoms with E-state index in [1.54, 1.807) is 0 Å². The van der Waals surface area contributed by atoms with Crippen LogP contribution in [0.15, 0.2) is 285 Å². The quantitative estimate of drug-likeness (QED) is 0.132. The van der Waals surface area contributed by atoms with Crippen LogP contribution in [0.5, 0.6) is 0 Å². The summed E-state index contributed by atoms with van der Waals surface area (Å²) < 4.78 is 0. The first-order valence-corrected chi connectivity index (χ1v) is 24.8. The van der Waals surface area contributed by atoms with Gasteiger partial charge in [-0.3, -0.25) is 4.98 Å². The first-order valence-electron chi connectivity index (χ1n) is 24.8. The van der Waals surface area contributed by atoms with Crippen molar-refractivity contribution < 1.29 is 0 Å². The van der Waals surface area contributed by atoms with Gasteiger partial charge in [0.2, 0.25) is 0 Å². The fourth-order valence-electron chi connectivity index (χ4n) is 11.3. The number of nitrogens with zero attached hydrogens (tertiary/aromatic N) is 1. The minimum Gasteiger partial charge on any atom is -0.263 e. The monoisotopic (exact) mass is 913 g/mol. The molecule has 12 aromatic carbocycles. The molecule has 1 aromatic heterocycles. The molecular weight excluding hydrogens is 867 g/mol. The lowest BCUT2D eigenvalue weighted by atomic mass is 9.74. The van der Waals surface area contributed by atoms with E-state index in [1.165, 1.54) is 82.6 Å². The molecule has 0 saturated carbocycles. The molecule has 0 amide bonds. The van der Waals surface area contributed by atoms with Gasteiger partial charge in [0.1, 0.15) is 0 Å². The third-order valence-corrected chi connectivity index (χ3v) is 14.3. The number of benzene rings is 12. The van der Waals surface area contributed by atoms with Gasteiger partial charge < -0.3 is 0 Å². The lowest BCUT2D eigenvalue weighted by molar-refractivity contribution is 1.36. The van der Waals surface area contributed by atoms with Crippen LogP contribution in [0, 0.1) is 0 Å². The highest BCUT2D eigenvalue weighted by Gasteiger charge is 2.29. The summed E-state index contributed by atoms with van der Waals surface area (Å²) in [6.07, 6.45) is 3.95. The number of pyridine rings is 1. The van der Waals surface area contributed by atoms with Crippen molar-refractivity contribution in [3.8, 4) is 100 Å². The fraction of sp³-hybridized carbons (Fsp3) is 0. The van der Waals surface area contributed by atoms with Gasteiger partial charge in [-0.15, -0.1) is 0 Å². The zero-order valence-electron chi connectivity index (χ0n) is 39.6. The molecule has 1 heteroatoms. The first kappa shape index (κ1) is 42.7. The van der Waals surface area contributed by atoms with Crippen LogP contribution in [0.4, 0.5) is 0 Å². The summed E-state index contributed by atoms with van der Waals surface area (Å²) >= 11 is 0. The van der Waals surface area contributed by atoms with E-state index in [9.17, 15) is 0 Å². The van der Waals surface area contributed by atoms with Gasteiger partial charge in [0.25, 0.3) is 0 Å². The number of fused-ring (bicyclic) bond motifs is 3. The Morgan fingerprint density at radius 3 is 0.819 bits per heavy atom. The molecule has 336 valence electrons. The molecule has 0 saturated heterocycles. The number of hydrogen-bond acceptors (Lipinski definition) is 1. The molecule has 0 aliphatic heterocycles. The average Bonchev–Trinajstić information content (AvgIpc) is 3.46. The largest absolute Gasteiger partial charge is 0.263 e. The molecular formula is C71H47N. The summed E-state index contributed by atoms with van der Waals surface area (Å²) in [7, 11) is 0. The Labute approximate surface area is 420 Å². The molecule has 72 heavy (non-hydrogen) atoms. The van der Waals surface area contributed by atoms with Crippen LogP contribution in [0.3, 0.4) is 0 Å². The van der Waals surface area contributed by atoms with Gasteiger partial charge in [0.05, 0.1) is 0 Å². The lowest BCUT2D eigenvalue weighted by Crippen LogP contribution is -2.02. The van der Waals surface area contributed by atoms with Crippen molar-refractivity contribution in [2.75, 3.05) is 0 Å². The molecule has 0 fully saturated rings. The maximum atomic E-state index is 4.67. The van der Waals surface area contributed by atoms with Gasteiger partial charge in [0.15, 0.2) is 0 Å². The Bertz CT molecular complexity index is 3940. The maximum Gasteiger partial charge on any atom is 0.0352 e. The van der Waals surface area contributed by atoms with Gasteiger partial charge in [-0.1, -0.05) is 261 Å². The van der Waals surface area contributed by atoms with Gasteiger partial charge in [-0.2, -0.15) is 0 Å². The molecule has 0 atom stereocenters. The summed E-state index contributed by atoms with van der Waals surface area (Å²) in [5.41, 5.74) is 21.2. The summed E-state index contributed by atoms with van der Waals surface area (Å²) in [5, 5.41) is 7.17. The summed E-state index contributed by atoms with van der Waals surface area (Å²) in [6.45, 7) is 0. The van der Waals surface area contributed by atoms with E-state index in [1.807, 2.05) is 12.4 Å². The van der Waals surface area contributed by atoms with Crippen molar-refractivity contribution in [3.05, 3.63) is 285 Å². The first-order chi connectivity index (χ1) is 35.8. The minimum absolute atomic E-state index is 1.13. The molecule has 0 bridgehead atoms. The second-order valence-electron chi connectivity index (χ2n) is 18.5. The minimum atomic E-state index is 1.13. The van der Waals surface area contributed by atoms with E-state index in [2.05, 4.69) is 278 Å². The standard InChI is InChI=1S/C71H47N/c1-6-24-48(25-7-1)66-67(49-26-8-2-9-27-49)69(51-30-12-4-13-31-51)71(70(52-32-14-5-15-33-52)68(66)50-28-10-3-11-29-50)56-38-23-37-55(45-56)65-61-42-20-18-40-59(61)64(60-41-19-21-43-62(60)65)54-36-22-35-53(44-54)63-47-72-46-57-34-16-17-39-58(57)63/h1-47H. The van der Waals surface area contributed by atoms with Crippen LogP contribution in [-0.2, 0) is 0 Å². The van der Waals surface area contributed by atoms with Gasteiger partial charge in [-0.25, -0.2) is 0 Å². The summed E-state index contributed by atoms with van der Waals surface area (Å²) in [4.78, 5) is 4.67. The van der Waals surface area contributed by atoms with E-state index >= 15 is 0 Å². The van der Waals surface area contributed by atoms with Gasteiger partial charge >= 0.3 is 0 Å². The van der Waals surface area contributed by atoms with Crippen molar-refractivity contribution in [2.24, 2.45) is 0 Å². The van der Waals surface area contributed by atoms with Crippen LogP contribution in [0.25, 0.3) is 132 Å². The second-order valence-corrected chi connectivity index (χ2v) is 18.5. The molecule has 0 spiro atoms. The predicted molar refractivity (Wildman–Crippen MR) is 306 cm³/mol. The predicted octanol–water partition coefficient (Wildman–Crippen LogP) is 19.5. The second kappa shape index (κ2) is 18.5. The van der Waals surface area contributed by atoms with Gasteiger partial charge in [0, 0.05) is 23.3 Å². The van der Waals surface area contributed by atoms with Crippen LogP contribution in [0.2, 0.25) is 0 Å². The highest BCUT2D eigenvalue weighted by Crippen LogP contribution is 2.56. The molecule has 0 aliphatic rings. The number of rotatable bonds is 9. The normalized spacial score (nSPS) is 11.3. The Balaban J connectivity index is 1.13. The van der Waals surface area contributed by atoms with E-state index in [-0.39, 0.29) is 0 Å². The van der Waals surface area contributed by atoms with Gasteiger partial charge in [-0.05, 0) is 134 Å². The van der Waals surface area contributed by atoms with E-state index in [4.69, 9.17) is 0 Å². The molecule has 0 radical (unpaired) electrons. The lowest BCUT2D eigenvalue weighted by Gasteiger charge is -2.29. The zero-order chi connectivity index (χ0) is 47.8. The van der Waals surface area contributed by atoms with E-state index in [0.29, 0.717) is 0 Å². The Hall–Kier alpha value is -9.43. The number of hydrogen-bond donors (Lipinski definition) is 0. The topological polar surface area (TPSA) is 12.9 Å². The third-order valence-electron chi connectivity index (χ3n) is 14.3. The molecule has 1 nitrogen and oxygen atoms in total.